The van der Waals surface area contributed by atoms with E-state index in [0.29, 0.717) is 12.0 Å². The van der Waals surface area contributed by atoms with Crippen LogP contribution in [-0.2, 0) is 6.42 Å². The van der Waals surface area contributed by atoms with Crippen molar-refractivity contribution in [2.24, 2.45) is 0 Å². The van der Waals surface area contributed by atoms with Crippen molar-refractivity contribution in [3.8, 4) is 0 Å². The molecule has 0 N–H and O–H groups in total. The van der Waals surface area contributed by atoms with Crippen molar-refractivity contribution >= 4 is 22.6 Å². The summed E-state index contributed by atoms with van der Waals surface area (Å²) in [6, 6.07) is 3.69. The Morgan fingerprint density at radius 1 is 1.27 bits per heavy atom. The van der Waals surface area contributed by atoms with Gasteiger partial charge in [-0.15, -0.1) is 0 Å². The van der Waals surface area contributed by atoms with Gasteiger partial charge in [-0.3, -0.25) is 0 Å². The maximum Gasteiger partial charge on any atom is 0.129 e. The zero-order valence-electron chi connectivity index (χ0n) is 5.78. The number of alkyl halides is 1. The van der Waals surface area contributed by atoms with Gasteiger partial charge in [0.25, 0.3) is 0 Å². The van der Waals surface area contributed by atoms with Crippen LogP contribution in [0.5, 0.6) is 0 Å². The summed E-state index contributed by atoms with van der Waals surface area (Å²) in [5.41, 5.74) is 0.584. The summed E-state index contributed by atoms with van der Waals surface area (Å²) in [7, 11) is 0. The minimum absolute atomic E-state index is 0.443. The monoisotopic (exact) mass is 268 g/mol. The molecule has 11 heavy (non-hydrogen) atoms. The van der Waals surface area contributed by atoms with Gasteiger partial charge in [-0.1, -0.05) is 28.7 Å². The summed E-state index contributed by atoms with van der Waals surface area (Å²) in [6.07, 6.45) is 0.659. The Labute approximate surface area is 77.8 Å². The molecule has 0 atom stereocenters. The van der Waals surface area contributed by atoms with E-state index in [1.165, 1.54) is 12.1 Å². The van der Waals surface area contributed by atoms with Gasteiger partial charge in [0, 0.05) is 10.5 Å². The summed E-state index contributed by atoms with van der Waals surface area (Å²) >= 11 is 2.16. The van der Waals surface area contributed by atoms with E-state index in [4.69, 9.17) is 0 Å². The molecule has 60 valence electrons. The van der Waals surface area contributed by atoms with Crippen molar-refractivity contribution < 1.29 is 8.78 Å². The molecule has 1 aromatic carbocycles. The molecule has 0 aromatic heterocycles. The Balaban J connectivity index is 2.90. The van der Waals surface area contributed by atoms with Crippen LogP contribution < -0.4 is 0 Å². The summed E-state index contributed by atoms with van der Waals surface area (Å²) < 4.78 is 26.0. The average molecular weight is 268 g/mol. The van der Waals surface area contributed by atoms with E-state index in [2.05, 4.69) is 22.6 Å². The van der Waals surface area contributed by atoms with E-state index in [9.17, 15) is 8.78 Å². The van der Waals surface area contributed by atoms with Crippen LogP contribution in [0.25, 0.3) is 0 Å². The molecule has 0 saturated carbocycles. The van der Waals surface area contributed by atoms with Gasteiger partial charge in [0.15, 0.2) is 0 Å². The maximum atomic E-state index is 12.8. The Hall–Kier alpha value is -0.190. The van der Waals surface area contributed by atoms with Crippen LogP contribution in [0.1, 0.15) is 5.56 Å². The van der Waals surface area contributed by atoms with Gasteiger partial charge in [-0.25, -0.2) is 8.78 Å². The predicted molar refractivity (Wildman–Crippen MR) is 48.9 cm³/mol. The maximum absolute atomic E-state index is 12.8. The fourth-order valence-electron chi connectivity index (χ4n) is 0.826. The van der Waals surface area contributed by atoms with Crippen LogP contribution in [0, 0.1) is 11.6 Å². The molecule has 0 aliphatic heterocycles. The minimum atomic E-state index is -0.514. The first-order chi connectivity index (χ1) is 5.24. The Bertz CT molecular complexity index is 248. The number of rotatable bonds is 2. The van der Waals surface area contributed by atoms with Crippen molar-refractivity contribution in [3.05, 3.63) is 35.4 Å². The molecule has 3 heteroatoms. The highest BCUT2D eigenvalue weighted by atomic mass is 127. The van der Waals surface area contributed by atoms with Crippen LogP contribution in [-0.4, -0.2) is 4.43 Å². The third-order valence-corrected chi connectivity index (χ3v) is 1.92. The Morgan fingerprint density at radius 3 is 2.55 bits per heavy atom. The first kappa shape index (κ1) is 8.90. The van der Waals surface area contributed by atoms with E-state index in [1.807, 2.05) is 0 Å². The quantitative estimate of drug-likeness (QED) is 0.571. The molecule has 0 radical (unpaired) electrons. The lowest BCUT2D eigenvalue weighted by Gasteiger charge is -1.98. The molecule has 0 amide bonds. The van der Waals surface area contributed by atoms with E-state index in [1.54, 1.807) is 0 Å². The van der Waals surface area contributed by atoms with Crippen LogP contribution in [0.3, 0.4) is 0 Å². The topological polar surface area (TPSA) is 0 Å². The largest absolute Gasteiger partial charge is 0.207 e. The number of hydrogen-bond donors (Lipinski definition) is 0. The van der Waals surface area contributed by atoms with Gasteiger partial charge in [0.2, 0.25) is 0 Å². The first-order valence-corrected chi connectivity index (χ1v) is 4.76. The van der Waals surface area contributed by atoms with Crippen LogP contribution >= 0.6 is 22.6 Å². The molecule has 0 fully saturated rings. The molecule has 1 rings (SSSR count). The molecule has 0 spiro atoms. The fraction of sp³-hybridized carbons (Fsp3) is 0.250. The zero-order valence-corrected chi connectivity index (χ0v) is 7.94. The molecule has 1 aromatic rings. The van der Waals surface area contributed by atoms with Gasteiger partial charge in [-0.2, -0.15) is 0 Å². The molecule has 0 aliphatic carbocycles. The van der Waals surface area contributed by atoms with E-state index in [-0.39, 0.29) is 0 Å². The smallest absolute Gasteiger partial charge is 0.129 e. The Morgan fingerprint density at radius 2 is 2.00 bits per heavy atom. The van der Waals surface area contributed by atoms with Gasteiger partial charge in [0.1, 0.15) is 11.6 Å². The van der Waals surface area contributed by atoms with Crippen LogP contribution in [0.4, 0.5) is 8.78 Å². The highest BCUT2D eigenvalue weighted by Gasteiger charge is 2.01. The lowest BCUT2D eigenvalue weighted by molar-refractivity contribution is 0.574. The summed E-state index contributed by atoms with van der Waals surface area (Å²) in [5.74, 6) is -0.957. The standard InChI is InChI=1S/C8H7F2I/c9-7-2-1-6(3-4-11)8(10)5-7/h1-2,5H,3-4H2. The van der Waals surface area contributed by atoms with Crippen molar-refractivity contribution in [1.82, 2.24) is 0 Å². The number of halogens is 3. The van der Waals surface area contributed by atoms with Crippen LogP contribution in [0.2, 0.25) is 0 Å². The second-order valence-electron chi connectivity index (χ2n) is 2.17. The molecule has 0 saturated heterocycles. The average Bonchev–Trinajstić information content (AvgIpc) is 1.95. The molecule has 0 heterocycles. The van der Waals surface area contributed by atoms with E-state index < -0.39 is 11.6 Å². The van der Waals surface area contributed by atoms with Gasteiger partial charge in [0.05, 0.1) is 0 Å². The summed E-state index contributed by atoms with van der Waals surface area (Å²) in [5, 5.41) is 0. The van der Waals surface area contributed by atoms with Gasteiger partial charge < -0.3 is 0 Å². The molecular weight excluding hydrogens is 261 g/mol. The lowest BCUT2D eigenvalue weighted by atomic mass is 10.1. The van der Waals surface area contributed by atoms with Crippen molar-refractivity contribution in [2.75, 3.05) is 4.43 Å². The van der Waals surface area contributed by atoms with Gasteiger partial charge in [-0.05, 0) is 18.1 Å². The number of hydrogen-bond acceptors (Lipinski definition) is 0. The summed E-state index contributed by atoms with van der Waals surface area (Å²) in [4.78, 5) is 0. The number of benzene rings is 1. The molecular formula is C8H7F2I. The van der Waals surface area contributed by atoms with Crippen molar-refractivity contribution in [3.63, 3.8) is 0 Å². The number of aryl methyl sites for hydroxylation is 1. The lowest BCUT2D eigenvalue weighted by Crippen LogP contribution is -1.91. The van der Waals surface area contributed by atoms with Crippen molar-refractivity contribution in [1.29, 1.82) is 0 Å². The molecule has 0 unspecified atom stereocenters. The Kier molecular flexibility index (Phi) is 3.23. The minimum Gasteiger partial charge on any atom is -0.207 e. The summed E-state index contributed by atoms with van der Waals surface area (Å²) in [6.45, 7) is 0. The molecule has 0 aliphatic rings. The normalized spacial score (nSPS) is 10.1. The second-order valence-corrected chi connectivity index (χ2v) is 3.25. The predicted octanol–water partition coefficient (Wildman–Crippen LogP) is 2.94. The van der Waals surface area contributed by atoms with Gasteiger partial charge >= 0.3 is 0 Å². The SMILES string of the molecule is Fc1ccc(CCI)c(F)c1. The highest BCUT2D eigenvalue weighted by molar-refractivity contribution is 14.1. The van der Waals surface area contributed by atoms with Crippen molar-refractivity contribution in [2.45, 2.75) is 6.42 Å². The third-order valence-electron chi connectivity index (χ3n) is 1.38. The first-order valence-electron chi connectivity index (χ1n) is 3.24. The zero-order chi connectivity index (χ0) is 8.27. The van der Waals surface area contributed by atoms with Crippen LogP contribution in [0.15, 0.2) is 18.2 Å². The van der Waals surface area contributed by atoms with E-state index >= 15 is 0 Å². The third kappa shape index (κ3) is 2.39. The van der Waals surface area contributed by atoms with E-state index in [0.717, 1.165) is 10.5 Å². The molecule has 0 bridgehead atoms. The second kappa shape index (κ2) is 3.99. The molecule has 0 nitrogen and oxygen atoms in total. The highest BCUT2D eigenvalue weighted by Crippen LogP contribution is 2.10. The fourth-order valence-corrected chi connectivity index (χ4v) is 1.41.